The summed E-state index contributed by atoms with van der Waals surface area (Å²) in [5.41, 5.74) is 3.39. The normalized spacial score (nSPS) is 23.7. The molecule has 25 heavy (non-hydrogen) atoms. The number of ether oxygens (including phenoxy) is 1. The minimum absolute atomic E-state index is 0.0870. The number of nitrogens with zero attached hydrogens (tertiary/aromatic N) is 3. The molecule has 2 saturated heterocycles. The maximum absolute atomic E-state index is 12.4. The maximum atomic E-state index is 12.4. The van der Waals surface area contributed by atoms with Gasteiger partial charge in [-0.1, -0.05) is 36.4 Å². The molecule has 5 nitrogen and oxygen atoms in total. The Morgan fingerprint density at radius 3 is 2.68 bits per heavy atom. The number of hydrogen-bond acceptors (Lipinski definition) is 4. The van der Waals surface area contributed by atoms with Crippen LogP contribution in [0.4, 0.5) is 0 Å². The second-order valence-corrected chi connectivity index (χ2v) is 6.93. The molecular formula is C20H23N3O2. The molecule has 0 spiro atoms. The van der Waals surface area contributed by atoms with Crippen LogP contribution in [0.15, 0.2) is 48.7 Å². The molecular weight excluding hydrogens is 314 g/mol. The van der Waals surface area contributed by atoms with Gasteiger partial charge in [0.1, 0.15) is 6.61 Å². The molecule has 2 aliphatic heterocycles. The lowest BCUT2D eigenvalue weighted by Crippen LogP contribution is -2.53. The molecule has 0 saturated carbocycles. The second-order valence-electron chi connectivity index (χ2n) is 6.93. The Bertz CT molecular complexity index is 732. The largest absolute Gasteiger partial charge is 0.365 e. The first-order valence-electron chi connectivity index (χ1n) is 8.78. The highest BCUT2D eigenvalue weighted by Crippen LogP contribution is 2.26. The van der Waals surface area contributed by atoms with Gasteiger partial charge >= 0.3 is 0 Å². The minimum atomic E-state index is 0.0870. The molecule has 1 amide bonds. The van der Waals surface area contributed by atoms with Crippen molar-refractivity contribution >= 4 is 5.91 Å². The van der Waals surface area contributed by atoms with Gasteiger partial charge < -0.3 is 9.64 Å². The Balaban J connectivity index is 1.46. The highest BCUT2D eigenvalue weighted by Gasteiger charge is 2.42. The van der Waals surface area contributed by atoms with Crippen LogP contribution in [0.5, 0.6) is 0 Å². The van der Waals surface area contributed by atoms with Gasteiger partial charge in [-0.15, -0.1) is 0 Å². The van der Waals surface area contributed by atoms with Crippen molar-refractivity contribution in [2.24, 2.45) is 0 Å². The first-order chi connectivity index (χ1) is 12.2. The molecule has 130 valence electrons. The van der Waals surface area contributed by atoms with Crippen LogP contribution >= 0.6 is 0 Å². The van der Waals surface area contributed by atoms with Crippen molar-refractivity contribution in [1.82, 2.24) is 14.8 Å². The van der Waals surface area contributed by atoms with Crippen LogP contribution < -0.4 is 0 Å². The second kappa shape index (κ2) is 6.94. The number of pyridine rings is 1. The monoisotopic (exact) mass is 337 g/mol. The predicted octanol–water partition coefficient (Wildman–Crippen LogP) is 2.00. The van der Waals surface area contributed by atoms with Crippen LogP contribution in [0.3, 0.4) is 0 Å². The number of amides is 1. The van der Waals surface area contributed by atoms with Gasteiger partial charge in [-0.05, 0) is 24.1 Å². The first-order valence-corrected chi connectivity index (χ1v) is 8.78. The van der Waals surface area contributed by atoms with Crippen LogP contribution in [0, 0.1) is 6.92 Å². The fourth-order valence-electron chi connectivity index (χ4n) is 3.71. The summed E-state index contributed by atoms with van der Waals surface area (Å²) in [4.78, 5) is 21.1. The van der Waals surface area contributed by atoms with Gasteiger partial charge in [0, 0.05) is 38.1 Å². The van der Waals surface area contributed by atoms with Crippen LogP contribution in [0.1, 0.15) is 16.8 Å². The molecule has 0 aliphatic carbocycles. The molecule has 2 aromatic rings. The lowest BCUT2D eigenvalue weighted by atomic mass is 10.1. The first kappa shape index (κ1) is 16.2. The van der Waals surface area contributed by atoms with Crippen LogP contribution in [0.2, 0.25) is 0 Å². The molecule has 1 aromatic heterocycles. The van der Waals surface area contributed by atoms with Gasteiger partial charge in [-0.25, -0.2) is 0 Å². The number of likely N-dealkylation sites (tertiary alicyclic amines) is 1. The van der Waals surface area contributed by atoms with Gasteiger partial charge in [0.15, 0.2) is 0 Å². The fraction of sp³-hybridized carbons (Fsp3) is 0.400. The van der Waals surface area contributed by atoms with Gasteiger partial charge in [0.2, 0.25) is 5.91 Å². The Labute approximate surface area is 148 Å². The number of aryl methyl sites for hydroxylation is 1. The molecule has 0 bridgehead atoms. The van der Waals surface area contributed by atoms with E-state index >= 15 is 0 Å². The molecule has 0 radical (unpaired) electrons. The Morgan fingerprint density at radius 2 is 1.92 bits per heavy atom. The van der Waals surface area contributed by atoms with Crippen molar-refractivity contribution in [3.8, 4) is 0 Å². The van der Waals surface area contributed by atoms with Crippen molar-refractivity contribution in [3.63, 3.8) is 0 Å². The van der Waals surface area contributed by atoms with E-state index in [1.807, 2.05) is 42.3 Å². The van der Waals surface area contributed by atoms with Crippen molar-refractivity contribution in [2.75, 3.05) is 19.7 Å². The van der Waals surface area contributed by atoms with E-state index in [1.165, 1.54) is 5.56 Å². The fourth-order valence-corrected chi connectivity index (χ4v) is 3.71. The molecule has 0 unspecified atom stereocenters. The average Bonchev–Trinajstić information content (AvgIpc) is 3.03. The van der Waals surface area contributed by atoms with Gasteiger partial charge in [-0.3, -0.25) is 14.7 Å². The molecule has 2 fully saturated rings. The zero-order valence-corrected chi connectivity index (χ0v) is 14.5. The minimum Gasteiger partial charge on any atom is -0.365 e. The number of carbonyl (C=O) groups is 1. The van der Waals surface area contributed by atoms with E-state index in [1.54, 1.807) is 0 Å². The maximum Gasteiger partial charge on any atom is 0.249 e. The molecule has 2 atom stereocenters. The van der Waals surface area contributed by atoms with Gasteiger partial charge in [0.05, 0.1) is 12.1 Å². The summed E-state index contributed by atoms with van der Waals surface area (Å²) >= 11 is 0. The lowest BCUT2D eigenvalue weighted by molar-refractivity contribution is -0.153. The summed E-state index contributed by atoms with van der Waals surface area (Å²) < 4.78 is 5.82. The highest BCUT2D eigenvalue weighted by atomic mass is 16.5. The number of aromatic nitrogens is 1. The standard InChI is InChI=1S/C20H23N3O2/c1-15-7-8-17(9-21-15)10-22-12-18-19(13-22)25-14-20(24)23(18)11-16-5-3-2-4-6-16/h2-9,18-19H,10-14H2,1H3/t18-,19-/m1/s1. The van der Waals surface area contributed by atoms with E-state index in [-0.39, 0.29) is 24.7 Å². The average molecular weight is 337 g/mol. The van der Waals surface area contributed by atoms with Crippen LogP contribution in [-0.2, 0) is 22.6 Å². The van der Waals surface area contributed by atoms with Crippen molar-refractivity contribution < 1.29 is 9.53 Å². The summed E-state index contributed by atoms with van der Waals surface area (Å²) in [7, 11) is 0. The summed E-state index contributed by atoms with van der Waals surface area (Å²) in [5, 5.41) is 0. The molecule has 2 aliphatic rings. The molecule has 5 heteroatoms. The smallest absolute Gasteiger partial charge is 0.249 e. The van der Waals surface area contributed by atoms with Crippen molar-refractivity contribution in [1.29, 1.82) is 0 Å². The van der Waals surface area contributed by atoms with Crippen LogP contribution in [-0.4, -0.2) is 52.5 Å². The van der Waals surface area contributed by atoms with Gasteiger partial charge in [0.25, 0.3) is 0 Å². The van der Waals surface area contributed by atoms with E-state index in [0.717, 1.165) is 30.9 Å². The number of carbonyl (C=O) groups excluding carboxylic acids is 1. The van der Waals surface area contributed by atoms with E-state index in [0.29, 0.717) is 6.54 Å². The third-order valence-corrected chi connectivity index (χ3v) is 5.03. The third-order valence-electron chi connectivity index (χ3n) is 5.03. The molecule has 1 aromatic carbocycles. The van der Waals surface area contributed by atoms with E-state index < -0.39 is 0 Å². The lowest BCUT2D eigenvalue weighted by Gasteiger charge is -2.36. The zero-order valence-electron chi connectivity index (χ0n) is 14.5. The molecule has 0 N–H and O–H groups in total. The number of morpholine rings is 1. The Kier molecular flexibility index (Phi) is 4.51. The third kappa shape index (κ3) is 3.57. The molecule has 3 heterocycles. The van der Waals surface area contributed by atoms with Gasteiger partial charge in [-0.2, -0.15) is 0 Å². The number of rotatable bonds is 4. The van der Waals surface area contributed by atoms with Crippen LogP contribution in [0.25, 0.3) is 0 Å². The van der Waals surface area contributed by atoms with E-state index in [2.05, 4.69) is 28.1 Å². The number of fused-ring (bicyclic) bond motifs is 1. The van der Waals surface area contributed by atoms with E-state index in [4.69, 9.17) is 4.74 Å². The SMILES string of the molecule is Cc1ccc(CN2C[C@@H]3[C@@H](C2)OCC(=O)N3Cc2ccccc2)cn1. The predicted molar refractivity (Wildman–Crippen MR) is 94.8 cm³/mol. The summed E-state index contributed by atoms with van der Waals surface area (Å²) in [5.74, 6) is 0.0870. The quantitative estimate of drug-likeness (QED) is 0.856. The summed E-state index contributed by atoms with van der Waals surface area (Å²) in [6.45, 7) is 5.39. The Hall–Kier alpha value is -2.24. The zero-order chi connectivity index (χ0) is 17.2. The Morgan fingerprint density at radius 1 is 1.08 bits per heavy atom. The van der Waals surface area contributed by atoms with Crippen molar-refractivity contribution in [2.45, 2.75) is 32.2 Å². The van der Waals surface area contributed by atoms with Crippen molar-refractivity contribution in [3.05, 3.63) is 65.5 Å². The van der Waals surface area contributed by atoms with E-state index in [9.17, 15) is 4.79 Å². The molecule has 4 rings (SSSR count). The highest BCUT2D eigenvalue weighted by molar-refractivity contribution is 5.78. The summed E-state index contributed by atoms with van der Waals surface area (Å²) in [6.07, 6.45) is 2.03. The summed E-state index contributed by atoms with van der Waals surface area (Å²) in [6, 6.07) is 14.5. The number of hydrogen-bond donors (Lipinski definition) is 0. The number of benzene rings is 1. The topological polar surface area (TPSA) is 45.7 Å².